The summed E-state index contributed by atoms with van der Waals surface area (Å²) in [6, 6.07) is 6.43. The Kier molecular flexibility index (Phi) is 4.03. The minimum atomic E-state index is -0.235. The van der Waals surface area contributed by atoms with Crippen LogP contribution in [0.1, 0.15) is 51.3 Å². The van der Waals surface area contributed by atoms with Gasteiger partial charge in [-0.2, -0.15) is 0 Å². The third-order valence-electron chi connectivity index (χ3n) is 5.09. The average Bonchev–Trinajstić information content (AvgIpc) is 2.89. The fraction of sp³-hybridized carbons (Fsp3) is 0.556. The van der Waals surface area contributed by atoms with Gasteiger partial charge in [0.25, 0.3) is 0 Å². The lowest BCUT2D eigenvalue weighted by Gasteiger charge is -2.33. The zero-order chi connectivity index (χ0) is 15.0. The molecule has 1 aromatic carbocycles. The minimum absolute atomic E-state index is 0.0754. The van der Waals surface area contributed by atoms with Crippen molar-refractivity contribution in [3.63, 3.8) is 0 Å². The van der Waals surface area contributed by atoms with E-state index in [2.05, 4.69) is 13.8 Å². The van der Waals surface area contributed by atoms with Crippen molar-refractivity contribution < 1.29 is 8.81 Å². The fourth-order valence-electron chi connectivity index (χ4n) is 3.60. The van der Waals surface area contributed by atoms with Crippen molar-refractivity contribution in [1.82, 2.24) is 0 Å². The standard InChI is InChI=1S/C18H24FNO/c1-11(2)12-3-5-13(6-4-12)18(20)17-10-14-9-15(19)7-8-16(14)21-17/h7-13,18H,3-6,20H2,1-2H3. The van der Waals surface area contributed by atoms with Crippen molar-refractivity contribution in [3.8, 4) is 0 Å². The van der Waals surface area contributed by atoms with Crippen LogP contribution in [0.4, 0.5) is 4.39 Å². The second-order valence-electron chi connectivity index (χ2n) is 6.78. The third kappa shape index (κ3) is 2.98. The van der Waals surface area contributed by atoms with E-state index in [0.29, 0.717) is 5.92 Å². The van der Waals surface area contributed by atoms with Crippen molar-refractivity contribution in [1.29, 1.82) is 0 Å². The van der Waals surface area contributed by atoms with E-state index in [1.54, 1.807) is 6.07 Å². The van der Waals surface area contributed by atoms with E-state index in [9.17, 15) is 4.39 Å². The highest BCUT2D eigenvalue weighted by molar-refractivity contribution is 5.78. The topological polar surface area (TPSA) is 39.2 Å². The molecule has 2 N–H and O–H groups in total. The summed E-state index contributed by atoms with van der Waals surface area (Å²) in [4.78, 5) is 0. The van der Waals surface area contributed by atoms with Gasteiger partial charge >= 0.3 is 0 Å². The van der Waals surface area contributed by atoms with Crippen LogP contribution < -0.4 is 5.73 Å². The molecule has 0 aliphatic heterocycles. The molecule has 0 bridgehead atoms. The van der Waals surface area contributed by atoms with Crippen LogP contribution in [0, 0.1) is 23.6 Å². The Morgan fingerprint density at radius 2 is 1.76 bits per heavy atom. The first-order chi connectivity index (χ1) is 10.0. The molecule has 1 aliphatic rings. The van der Waals surface area contributed by atoms with Crippen LogP contribution in [-0.2, 0) is 0 Å². The summed E-state index contributed by atoms with van der Waals surface area (Å²) in [5.74, 6) is 2.63. The van der Waals surface area contributed by atoms with E-state index in [-0.39, 0.29) is 11.9 Å². The fourth-order valence-corrected chi connectivity index (χ4v) is 3.60. The number of benzene rings is 1. The molecule has 0 radical (unpaired) electrons. The Hall–Kier alpha value is -1.35. The van der Waals surface area contributed by atoms with E-state index >= 15 is 0 Å². The van der Waals surface area contributed by atoms with Crippen LogP contribution >= 0.6 is 0 Å². The first kappa shape index (κ1) is 14.6. The number of hydrogen-bond donors (Lipinski definition) is 1. The Labute approximate surface area is 125 Å². The molecule has 2 aromatic rings. The molecule has 1 fully saturated rings. The number of halogens is 1. The molecule has 0 spiro atoms. The molecule has 3 rings (SSSR count). The minimum Gasteiger partial charge on any atom is -0.459 e. The molecule has 1 aliphatic carbocycles. The summed E-state index contributed by atoms with van der Waals surface area (Å²) in [7, 11) is 0. The van der Waals surface area contributed by atoms with Gasteiger partial charge in [0, 0.05) is 5.39 Å². The quantitative estimate of drug-likeness (QED) is 0.860. The number of furan rings is 1. The van der Waals surface area contributed by atoms with Crippen molar-refractivity contribution in [3.05, 3.63) is 35.8 Å². The highest BCUT2D eigenvalue weighted by atomic mass is 19.1. The van der Waals surface area contributed by atoms with Crippen LogP contribution in [0.5, 0.6) is 0 Å². The second kappa shape index (κ2) is 5.80. The van der Waals surface area contributed by atoms with Crippen LogP contribution in [-0.4, -0.2) is 0 Å². The van der Waals surface area contributed by atoms with E-state index in [4.69, 9.17) is 10.2 Å². The Morgan fingerprint density at radius 1 is 1.10 bits per heavy atom. The van der Waals surface area contributed by atoms with Gasteiger partial charge in [-0.3, -0.25) is 0 Å². The van der Waals surface area contributed by atoms with Gasteiger partial charge in [-0.25, -0.2) is 4.39 Å². The van der Waals surface area contributed by atoms with Gasteiger partial charge in [-0.15, -0.1) is 0 Å². The predicted octanol–water partition coefficient (Wildman–Crippen LogP) is 5.03. The number of fused-ring (bicyclic) bond motifs is 1. The molecule has 2 nitrogen and oxygen atoms in total. The Balaban J connectivity index is 1.73. The summed E-state index contributed by atoms with van der Waals surface area (Å²) >= 11 is 0. The maximum Gasteiger partial charge on any atom is 0.134 e. The monoisotopic (exact) mass is 289 g/mol. The Morgan fingerprint density at radius 3 is 2.43 bits per heavy atom. The summed E-state index contributed by atoms with van der Waals surface area (Å²) in [6.07, 6.45) is 4.83. The van der Waals surface area contributed by atoms with Crippen molar-refractivity contribution >= 4 is 11.0 Å². The zero-order valence-corrected chi connectivity index (χ0v) is 12.8. The molecule has 3 heteroatoms. The molecule has 114 valence electrons. The molecule has 1 unspecified atom stereocenters. The largest absolute Gasteiger partial charge is 0.459 e. The van der Waals surface area contributed by atoms with Gasteiger partial charge in [0.2, 0.25) is 0 Å². The molecule has 1 heterocycles. The van der Waals surface area contributed by atoms with Crippen molar-refractivity contribution in [2.75, 3.05) is 0 Å². The predicted molar refractivity (Wildman–Crippen MR) is 83.4 cm³/mol. The lowest BCUT2D eigenvalue weighted by Crippen LogP contribution is -2.27. The highest BCUT2D eigenvalue weighted by Crippen LogP contribution is 2.39. The summed E-state index contributed by atoms with van der Waals surface area (Å²) in [5, 5.41) is 0.802. The van der Waals surface area contributed by atoms with Gasteiger partial charge in [0.15, 0.2) is 0 Å². The maximum atomic E-state index is 13.2. The normalized spacial score (nSPS) is 24.6. The van der Waals surface area contributed by atoms with Gasteiger partial charge in [0.1, 0.15) is 17.2 Å². The van der Waals surface area contributed by atoms with Crippen molar-refractivity contribution in [2.24, 2.45) is 23.5 Å². The second-order valence-corrected chi connectivity index (χ2v) is 6.78. The average molecular weight is 289 g/mol. The zero-order valence-electron chi connectivity index (χ0n) is 12.8. The van der Waals surface area contributed by atoms with Crippen LogP contribution in [0.25, 0.3) is 11.0 Å². The first-order valence-corrected chi connectivity index (χ1v) is 7.99. The van der Waals surface area contributed by atoms with Gasteiger partial charge in [0.05, 0.1) is 6.04 Å². The summed E-state index contributed by atoms with van der Waals surface area (Å²) < 4.78 is 19.1. The molecule has 1 aromatic heterocycles. The number of nitrogens with two attached hydrogens (primary N) is 1. The lowest BCUT2D eigenvalue weighted by atomic mass is 9.74. The third-order valence-corrected chi connectivity index (χ3v) is 5.09. The molecular formula is C18H24FNO. The summed E-state index contributed by atoms with van der Waals surface area (Å²) in [6.45, 7) is 4.61. The maximum absolute atomic E-state index is 13.2. The van der Waals surface area contributed by atoms with Crippen LogP contribution in [0.15, 0.2) is 28.7 Å². The molecule has 0 saturated heterocycles. The smallest absolute Gasteiger partial charge is 0.134 e. The summed E-state index contributed by atoms with van der Waals surface area (Å²) in [5.41, 5.74) is 7.13. The SMILES string of the molecule is CC(C)C1CCC(C(N)c2cc3cc(F)ccc3o2)CC1. The number of rotatable bonds is 3. The van der Waals surface area contributed by atoms with Crippen molar-refractivity contribution in [2.45, 2.75) is 45.6 Å². The van der Waals surface area contributed by atoms with E-state index in [1.807, 2.05) is 6.07 Å². The van der Waals surface area contributed by atoms with E-state index in [1.165, 1.54) is 25.0 Å². The molecule has 1 saturated carbocycles. The van der Waals surface area contributed by atoms with Gasteiger partial charge in [-0.05, 0) is 67.7 Å². The molecular weight excluding hydrogens is 265 g/mol. The highest BCUT2D eigenvalue weighted by Gasteiger charge is 2.29. The van der Waals surface area contributed by atoms with Gasteiger partial charge in [-0.1, -0.05) is 13.8 Å². The molecule has 0 amide bonds. The van der Waals surface area contributed by atoms with Gasteiger partial charge < -0.3 is 10.2 Å². The van der Waals surface area contributed by atoms with E-state index in [0.717, 1.165) is 41.4 Å². The van der Waals surface area contributed by atoms with Crippen LogP contribution in [0.2, 0.25) is 0 Å². The Bertz CT molecular complexity index is 611. The first-order valence-electron chi connectivity index (χ1n) is 7.99. The number of hydrogen-bond acceptors (Lipinski definition) is 2. The van der Waals surface area contributed by atoms with E-state index < -0.39 is 0 Å². The molecule has 1 atom stereocenters. The molecule has 21 heavy (non-hydrogen) atoms. The van der Waals surface area contributed by atoms with Crippen LogP contribution in [0.3, 0.4) is 0 Å². The lowest BCUT2D eigenvalue weighted by molar-refractivity contribution is 0.195.